The van der Waals surface area contributed by atoms with E-state index in [9.17, 15) is 13.6 Å². The molecule has 7 heteroatoms. The van der Waals surface area contributed by atoms with Gasteiger partial charge in [0, 0.05) is 10.7 Å². The molecule has 0 unspecified atom stereocenters. The van der Waals surface area contributed by atoms with Crippen LogP contribution in [0, 0.1) is 0 Å². The van der Waals surface area contributed by atoms with Crippen LogP contribution in [0.25, 0.3) is 0 Å². The minimum atomic E-state index is -2.75. The van der Waals surface area contributed by atoms with Crippen LogP contribution in [0.2, 0.25) is 5.02 Å². The quantitative estimate of drug-likeness (QED) is 0.794. The largest absolute Gasteiger partial charge is 0.466 e. The number of aromatic nitrogens is 1. The van der Waals surface area contributed by atoms with Crippen molar-refractivity contribution in [3.63, 3.8) is 0 Å². The number of pyridine rings is 1. The molecule has 0 aliphatic heterocycles. The van der Waals surface area contributed by atoms with E-state index in [0.29, 0.717) is 5.56 Å². The lowest BCUT2D eigenvalue weighted by atomic mass is 10.2. The summed E-state index contributed by atoms with van der Waals surface area (Å²) in [5, 5.41) is -0.179. The van der Waals surface area contributed by atoms with E-state index < -0.39 is 18.1 Å². The molecule has 1 aromatic heterocycles. The fourth-order valence-electron chi connectivity index (χ4n) is 1.16. The summed E-state index contributed by atoms with van der Waals surface area (Å²) in [7, 11) is 0. The van der Waals surface area contributed by atoms with E-state index in [-0.39, 0.29) is 22.5 Å². The average molecular weight is 329 g/mol. The monoisotopic (exact) mass is 327 g/mol. The van der Waals surface area contributed by atoms with Crippen LogP contribution in [0.5, 0.6) is 0 Å². The maximum Gasteiger partial charge on any atom is 0.310 e. The van der Waals surface area contributed by atoms with E-state index >= 15 is 0 Å². The molecule has 0 saturated carbocycles. The summed E-state index contributed by atoms with van der Waals surface area (Å²) >= 11 is 8.78. The second-order valence-electron chi connectivity index (χ2n) is 3.08. The fraction of sp³-hybridized carbons (Fsp3) is 0.400. The normalized spacial score (nSPS) is 10.7. The van der Waals surface area contributed by atoms with Crippen molar-refractivity contribution in [3.8, 4) is 0 Å². The number of carbonyl (C=O) groups excluding carboxylic acids is 1. The van der Waals surface area contributed by atoms with Gasteiger partial charge in [-0.05, 0) is 28.4 Å². The molecule has 0 amide bonds. The Morgan fingerprint density at radius 3 is 2.82 bits per heavy atom. The first-order valence-corrected chi connectivity index (χ1v) is 5.91. The topological polar surface area (TPSA) is 39.2 Å². The third-order valence-electron chi connectivity index (χ3n) is 1.91. The van der Waals surface area contributed by atoms with E-state index in [1.54, 1.807) is 6.92 Å². The molecule has 3 nitrogen and oxygen atoms in total. The zero-order valence-electron chi connectivity index (χ0n) is 8.84. The number of alkyl halides is 2. The summed E-state index contributed by atoms with van der Waals surface area (Å²) in [5.74, 6) is -0.462. The smallest absolute Gasteiger partial charge is 0.310 e. The molecular formula is C10H9BrClF2NO2. The number of hydrogen-bond donors (Lipinski definition) is 0. The molecule has 0 N–H and O–H groups in total. The van der Waals surface area contributed by atoms with Crippen molar-refractivity contribution in [1.29, 1.82) is 0 Å². The van der Waals surface area contributed by atoms with Crippen molar-refractivity contribution in [2.45, 2.75) is 19.8 Å². The molecule has 0 aromatic carbocycles. The molecule has 1 heterocycles. The SMILES string of the molecule is CCOC(=O)Cc1cnc(C(F)F)c(Cl)c1Br. The van der Waals surface area contributed by atoms with E-state index in [4.69, 9.17) is 16.3 Å². The Labute approximate surface area is 110 Å². The number of carbonyl (C=O) groups is 1. The van der Waals surface area contributed by atoms with Gasteiger partial charge in [0.1, 0.15) is 5.69 Å². The van der Waals surface area contributed by atoms with Crippen LogP contribution in [-0.2, 0) is 16.0 Å². The molecule has 0 saturated heterocycles. The lowest BCUT2D eigenvalue weighted by molar-refractivity contribution is -0.142. The molecule has 0 spiro atoms. The summed E-state index contributed by atoms with van der Waals surface area (Å²) < 4.78 is 29.9. The van der Waals surface area contributed by atoms with Gasteiger partial charge in [0.15, 0.2) is 0 Å². The first-order valence-electron chi connectivity index (χ1n) is 4.73. The highest BCUT2D eigenvalue weighted by atomic mass is 79.9. The Balaban J connectivity index is 2.96. The maximum atomic E-state index is 12.5. The van der Waals surface area contributed by atoms with Crippen LogP contribution in [0.15, 0.2) is 10.7 Å². The number of rotatable bonds is 4. The molecule has 1 rings (SSSR count). The molecule has 0 radical (unpaired) electrons. The average Bonchev–Trinajstić information content (AvgIpc) is 2.25. The number of nitrogens with zero attached hydrogens (tertiary/aromatic N) is 1. The lowest BCUT2D eigenvalue weighted by Crippen LogP contribution is -2.09. The van der Waals surface area contributed by atoms with Gasteiger partial charge in [0.05, 0.1) is 18.1 Å². The molecular weight excluding hydrogens is 319 g/mol. The third-order valence-corrected chi connectivity index (χ3v) is 3.42. The van der Waals surface area contributed by atoms with E-state index in [1.807, 2.05) is 0 Å². The van der Waals surface area contributed by atoms with Crippen LogP contribution in [-0.4, -0.2) is 17.6 Å². The minimum Gasteiger partial charge on any atom is -0.466 e. The Bertz CT molecular complexity index is 429. The van der Waals surface area contributed by atoms with Gasteiger partial charge < -0.3 is 4.74 Å². The van der Waals surface area contributed by atoms with Gasteiger partial charge in [-0.2, -0.15) is 0 Å². The Morgan fingerprint density at radius 1 is 1.65 bits per heavy atom. The Hall–Kier alpha value is -0.750. The van der Waals surface area contributed by atoms with E-state index in [0.717, 1.165) is 0 Å². The van der Waals surface area contributed by atoms with Crippen molar-refractivity contribution >= 4 is 33.5 Å². The van der Waals surface area contributed by atoms with Gasteiger partial charge in [0.25, 0.3) is 6.43 Å². The number of halogens is 4. The van der Waals surface area contributed by atoms with Crippen molar-refractivity contribution in [2.75, 3.05) is 6.61 Å². The highest BCUT2D eigenvalue weighted by Crippen LogP contribution is 2.33. The van der Waals surface area contributed by atoms with E-state index in [2.05, 4.69) is 20.9 Å². The van der Waals surface area contributed by atoms with Gasteiger partial charge in [-0.3, -0.25) is 9.78 Å². The highest BCUT2D eigenvalue weighted by molar-refractivity contribution is 9.10. The van der Waals surface area contributed by atoms with Gasteiger partial charge in [0.2, 0.25) is 0 Å². The summed E-state index contributed by atoms with van der Waals surface area (Å²) in [5.41, 5.74) is -0.0935. The van der Waals surface area contributed by atoms with Gasteiger partial charge in [-0.25, -0.2) is 8.78 Å². The maximum absolute atomic E-state index is 12.5. The van der Waals surface area contributed by atoms with Gasteiger partial charge in [-0.1, -0.05) is 11.6 Å². The molecule has 1 aromatic rings. The molecule has 17 heavy (non-hydrogen) atoms. The van der Waals surface area contributed by atoms with E-state index in [1.165, 1.54) is 6.20 Å². The minimum absolute atomic E-state index is 0.0648. The predicted octanol–water partition coefficient (Wildman–Crippen LogP) is 3.54. The lowest BCUT2D eigenvalue weighted by Gasteiger charge is -2.08. The summed E-state index contributed by atoms with van der Waals surface area (Å²) in [4.78, 5) is 14.8. The van der Waals surface area contributed by atoms with Crippen LogP contribution in [0.1, 0.15) is 24.6 Å². The summed E-state index contributed by atoms with van der Waals surface area (Å²) in [6.45, 7) is 1.94. The first-order chi connectivity index (χ1) is 7.97. The molecule has 0 aliphatic carbocycles. The molecule has 0 atom stereocenters. The van der Waals surface area contributed by atoms with Crippen LogP contribution in [0.3, 0.4) is 0 Å². The van der Waals surface area contributed by atoms with Crippen molar-refractivity contribution in [3.05, 3.63) is 26.9 Å². The predicted molar refractivity (Wildman–Crippen MR) is 62.2 cm³/mol. The number of hydrogen-bond acceptors (Lipinski definition) is 3. The molecule has 0 bridgehead atoms. The zero-order valence-corrected chi connectivity index (χ0v) is 11.2. The van der Waals surface area contributed by atoms with Gasteiger partial charge >= 0.3 is 5.97 Å². The molecule has 0 aliphatic rings. The third kappa shape index (κ3) is 3.61. The second-order valence-corrected chi connectivity index (χ2v) is 4.25. The number of esters is 1. The van der Waals surface area contributed by atoms with Crippen molar-refractivity contribution in [1.82, 2.24) is 4.98 Å². The second kappa shape index (κ2) is 6.26. The van der Waals surface area contributed by atoms with Crippen LogP contribution < -0.4 is 0 Å². The Morgan fingerprint density at radius 2 is 2.29 bits per heavy atom. The first kappa shape index (κ1) is 14.3. The van der Waals surface area contributed by atoms with Gasteiger partial charge in [-0.15, -0.1) is 0 Å². The fourth-order valence-corrected chi connectivity index (χ4v) is 1.86. The van der Waals surface area contributed by atoms with Crippen molar-refractivity contribution < 1.29 is 18.3 Å². The molecule has 94 valence electrons. The van der Waals surface area contributed by atoms with Crippen molar-refractivity contribution in [2.24, 2.45) is 0 Å². The summed E-state index contributed by atoms with van der Waals surface area (Å²) in [6.07, 6.45) is -1.63. The highest BCUT2D eigenvalue weighted by Gasteiger charge is 2.19. The zero-order chi connectivity index (χ0) is 13.0. The standard InChI is InChI=1S/C10H9BrClF2NO2/c1-2-17-6(16)3-5-4-15-9(10(13)14)8(12)7(5)11/h4,10H,2-3H2,1H3. The van der Waals surface area contributed by atoms with Crippen LogP contribution >= 0.6 is 27.5 Å². The Kier molecular flexibility index (Phi) is 5.27. The van der Waals surface area contributed by atoms with Crippen LogP contribution in [0.4, 0.5) is 8.78 Å². The number of ether oxygens (including phenoxy) is 1. The summed E-state index contributed by atoms with van der Waals surface area (Å²) in [6, 6.07) is 0. The molecule has 0 fully saturated rings.